The van der Waals surface area contributed by atoms with E-state index in [1.807, 2.05) is 24.3 Å². The Balaban J connectivity index is 2.05. The Morgan fingerprint density at radius 1 is 1.24 bits per heavy atom. The minimum atomic E-state index is -0.0774. The number of ether oxygens (including phenoxy) is 1. The minimum absolute atomic E-state index is 0.0774. The molecule has 0 unspecified atom stereocenters. The second-order valence-corrected chi connectivity index (χ2v) is 5.97. The molecule has 0 atom stereocenters. The van der Waals surface area contributed by atoms with Crippen LogP contribution in [0.1, 0.15) is 41.6 Å². The van der Waals surface area contributed by atoms with E-state index in [1.54, 1.807) is 32.0 Å². The van der Waals surface area contributed by atoms with Gasteiger partial charge >= 0.3 is 0 Å². The van der Waals surface area contributed by atoms with Gasteiger partial charge in [-0.25, -0.2) is 9.97 Å². The number of aromatic nitrogens is 2. The van der Waals surface area contributed by atoms with Gasteiger partial charge in [-0.15, -0.1) is 0 Å². The molecule has 6 heteroatoms. The van der Waals surface area contributed by atoms with Gasteiger partial charge in [0.15, 0.2) is 0 Å². The van der Waals surface area contributed by atoms with E-state index in [2.05, 4.69) is 22.2 Å². The summed E-state index contributed by atoms with van der Waals surface area (Å²) in [6, 6.07) is 9.52. The van der Waals surface area contributed by atoms with Crippen molar-refractivity contribution in [2.75, 3.05) is 26.0 Å². The number of nitrogens with one attached hydrogen (secondary N) is 1. The molecule has 0 saturated carbocycles. The number of nitrogens with zero attached hydrogens (tertiary/aromatic N) is 3. The SMILES string of the molecule is CCCCN(C)C(=O)c1cc(NCc2ccc(OC)cc2)nc(C)n1. The summed E-state index contributed by atoms with van der Waals surface area (Å²) < 4.78 is 5.16. The molecule has 2 rings (SSSR count). The number of aryl methyl sites for hydroxylation is 1. The normalized spacial score (nSPS) is 10.4. The second kappa shape index (κ2) is 9.01. The number of hydrogen-bond acceptors (Lipinski definition) is 5. The highest BCUT2D eigenvalue weighted by Crippen LogP contribution is 2.14. The molecule has 0 aliphatic carbocycles. The largest absolute Gasteiger partial charge is 0.497 e. The number of rotatable bonds is 8. The molecule has 0 fully saturated rings. The van der Waals surface area contributed by atoms with E-state index in [1.165, 1.54) is 0 Å². The van der Waals surface area contributed by atoms with Gasteiger partial charge in [0, 0.05) is 26.2 Å². The highest BCUT2D eigenvalue weighted by atomic mass is 16.5. The van der Waals surface area contributed by atoms with Crippen molar-refractivity contribution in [2.45, 2.75) is 33.2 Å². The maximum absolute atomic E-state index is 12.5. The average molecular weight is 342 g/mol. The predicted molar refractivity (Wildman–Crippen MR) is 99.0 cm³/mol. The molecule has 2 aromatic rings. The van der Waals surface area contributed by atoms with Crippen LogP contribution in [0.4, 0.5) is 5.82 Å². The quantitative estimate of drug-likeness (QED) is 0.797. The van der Waals surface area contributed by atoms with Crippen molar-refractivity contribution < 1.29 is 9.53 Å². The van der Waals surface area contributed by atoms with Crippen LogP contribution in [0.5, 0.6) is 5.75 Å². The smallest absolute Gasteiger partial charge is 0.272 e. The predicted octanol–water partition coefficient (Wildman–Crippen LogP) is 3.28. The lowest BCUT2D eigenvalue weighted by atomic mass is 10.2. The van der Waals surface area contributed by atoms with E-state index in [-0.39, 0.29) is 5.91 Å². The van der Waals surface area contributed by atoms with Gasteiger partial charge in [0.2, 0.25) is 0 Å². The van der Waals surface area contributed by atoms with Crippen LogP contribution in [0.25, 0.3) is 0 Å². The van der Waals surface area contributed by atoms with Crippen molar-refractivity contribution >= 4 is 11.7 Å². The van der Waals surface area contributed by atoms with Crippen LogP contribution >= 0.6 is 0 Å². The average Bonchev–Trinajstić information content (AvgIpc) is 2.63. The number of amides is 1. The van der Waals surface area contributed by atoms with E-state index in [0.717, 1.165) is 30.7 Å². The molecule has 0 radical (unpaired) electrons. The molecule has 0 spiro atoms. The minimum Gasteiger partial charge on any atom is -0.497 e. The van der Waals surface area contributed by atoms with E-state index < -0.39 is 0 Å². The van der Waals surface area contributed by atoms with Crippen molar-refractivity contribution in [3.8, 4) is 5.75 Å². The number of benzene rings is 1. The number of anilines is 1. The van der Waals surface area contributed by atoms with Gasteiger partial charge < -0.3 is 15.0 Å². The van der Waals surface area contributed by atoms with E-state index in [0.29, 0.717) is 23.9 Å². The van der Waals surface area contributed by atoms with E-state index in [4.69, 9.17) is 4.74 Å². The lowest BCUT2D eigenvalue weighted by Gasteiger charge is -2.17. The monoisotopic (exact) mass is 342 g/mol. The van der Waals surface area contributed by atoms with Crippen LogP contribution in [0.2, 0.25) is 0 Å². The number of carbonyl (C=O) groups is 1. The molecule has 1 amide bonds. The Bertz CT molecular complexity index is 701. The van der Waals surface area contributed by atoms with Gasteiger partial charge in [0.05, 0.1) is 7.11 Å². The van der Waals surface area contributed by atoms with Crippen molar-refractivity contribution in [3.63, 3.8) is 0 Å². The summed E-state index contributed by atoms with van der Waals surface area (Å²) in [5.41, 5.74) is 1.52. The molecule has 0 bridgehead atoms. The van der Waals surface area contributed by atoms with Gasteiger partial charge in [-0.2, -0.15) is 0 Å². The van der Waals surface area contributed by atoms with Crippen molar-refractivity contribution in [1.29, 1.82) is 0 Å². The molecule has 6 nitrogen and oxygen atoms in total. The highest BCUT2D eigenvalue weighted by molar-refractivity contribution is 5.92. The highest BCUT2D eigenvalue weighted by Gasteiger charge is 2.14. The van der Waals surface area contributed by atoms with Crippen LogP contribution in [0.15, 0.2) is 30.3 Å². The van der Waals surface area contributed by atoms with Crippen LogP contribution in [-0.2, 0) is 6.54 Å². The molecule has 1 N–H and O–H groups in total. The van der Waals surface area contributed by atoms with E-state index in [9.17, 15) is 4.79 Å². The van der Waals surface area contributed by atoms with Crippen molar-refractivity contribution in [1.82, 2.24) is 14.9 Å². The topological polar surface area (TPSA) is 67.4 Å². The van der Waals surface area contributed by atoms with Gasteiger partial charge in [-0.1, -0.05) is 25.5 Å². The van der Waals surface area contributed by atoms with Gasteiger partial charge in [0.1, 0.15) is 23.1 Å². The lowest BCUT2D eigenvalue weighted by molar-refractivity contribution is 0.0787. The third-order valence-electron chi connectivity index (χ3n) is 3.88. The maximum Gasteiger partial charge on any atom is 0.272 e. The Hall–Kier alpha value is -2.63. The molecular weight excluding hydrogens is 316 g/mol. The molecular formula is C19H26N4O2. The number of carbonyl (C=O) groups excluding carboxylic acids is 1. The third kappa shape index (κ3) is 5.45. The first kappa shape index (κ1) is 18.7. The first-order valence-electron chi connectivity index (χ1n) is 8.51. The molecule has 0 saturated heterocycles. The summed E-state index contributed by atoms with van der Waals surface area (Å²) in [6.07, 6.45) is 2.03. The van der Waals surface area contributed by atoms with Crippen LogP contribution in [0.3, 0.4) is 0 Å². The zero-order valence-electron chi connectivity index (χ0n) is 15.4. The van der Waals surface area contributed by atoms with Gasteiger partial charge in [0.25, 0.3) is 5.91 Å². The molecule has 25 heavy (non-hydrogen) atoms. The van der Waals surface area contributed by atoms with Crippen LogP contribution in [0, 0.1) is 6.92 Å². The standard InChI is InChI=1S/C19H26N4O2/c1-5-6-11-23(3)19(24)17-12-18(22-14(2)21-17)20-13-15-7-9-16(25-4)10-8-15/h7-10,12H,5-6,11,13H2,1-4H3,(H,20,21,22). The van der Waals surface area contributed by atoms with Gasteiger partial charge in [-0.3, -0.25) is 4.79 Å². The van der Waals surface area contributed by atoms with Gasteiger partial charge in [-0.05, 0) is 31.0 Å². The Morgan fingerprint density at radius 3 is 2.60 bits per heavy atom. The number of hydrogen-bond donors (Lipinski definition) is 1. The summed E-state index contributed by atoms with van der Waals surface area (Å²) in [4.78, 5) is 22.9. The van der Waals surface area contributed by atoms with Crippen molar-refractivity contribution in [2.24, 2.45) is 0 Å². The summed E-state index contributed by atoms with van der Waals surface area (Å²) in [7, 11) is 3.45. The Labute approximate surface area is 149 Å². The van der Waals surface area contributed by atoms with Crippen LogP contribution < -0.4 is 10.1 Å². The molecule has 0 aliphatic rings. The fourth-order valence-corrected chi connectivity index (χ4v) is 2.40. The zero-order valence-corrected chi connectivity index (χ0v) is 15.4. The Morgan fingerprint density at radius 2 is 1.96 bits per heavy atom. The summed E-state index contributed by atoms with van der Waals surface area (Å²) in [5.74, 6) is 1.97. The zero-order chi connectivity index (χ0) is 18.2. The molecule has 134 valence electrons. The molecule has 1 heterocycles. The third-order valence-corrected chi connectivity index (χ3v) is 3.88. The van der Waals surface area contributed by atoms with Crippen LogP contribution in [-0.4, -0.2) is 41.5 Å². The summed E-state index contributed by atoms with van der Waals surface area (Å²) in [6.45, 7) is 5.24. The number of unbranched alkanes of at least 4 members (excludes halogenated alkanes) is 1. The molecule has 1 aromatic carbocycles. The first-order valence-corrected chi connectivity index (χ1v) is 8.51. The lowest BCUT2D eigenvalue weighted by Crippen LogP contribution is -2.28. The van der Waals surface area contributed by atoms with E-state index >= 15 is 0 Å². The fraction of sp³-hybridized carbons (Fsp3) is 0.421. The molecule has 1 aromatic heterocycles. The fourth-order valence-electron chi connectivity index (χ4n) is 2.40. The maximum atomic E-state index is 12.5. The second-order valence-electron chi connectivity index (χ2n) is 5.97. The summed E-state index contributed by atoms with van der Waals surface area (Å²) >= 11 is 0. The summed E-state index contributed by atoms with van der Waals surface area (Å²) in [5, 5.41) is 3.25. The van der Waals surface area contributed by atoms with Crippen molar-refractivity contribution in [3.05, 3.63) is 47.4 Å². The Kier molecular flexibility index (Phi) is 6.74. The molecule has 0 aliphatic heterocycles. The number of methoxy groups -OCH3 is 1. The first-order chi connectivity index (χ1) is 12.0.